The van der Waals surface area contributed by atoms with Gasteiger partial charge in [-0.3, -0.25) is 4.99 Å². The van der Waals surface area contributed by atoms with Crippen LogP contribution in [0.1, 0.15) is 11.1 Å². The van der Waals surface area contributed by atoms with E-state index in [0.29, 0.717) is 0 Å². The number of hydrogen-bond donors (Lipinski definition) is 0. The summed E-state index contributed by atoms with van der Waals surface area (Å²) in [4.78, 5) is 4.80. The maximum Gasteiger partial charge on any atom is 0.0740 e. The molecule has 1 aliphatic heterocycles. The first-order valence-electron chi connectivity index (χ1n) is 6.61. The summed E-state index contributed by atoms with van der Waals surface area (Å²) in [6, 6.07) is 19.1. The van der Waals surface area contributed by atoms with E-state index < -0.39 is 0 Å². The largest absolute Gasteiger partial charge is 0.345 e. The zero-order chi connectivity index (χ0) is 12.7. The Morgan fingerprint density at radius 2 is 1.79 bits per heavy atom. The first-order chi connectivity index (χ1) is 9.43. The topological polar surface area (TPSA) is 17.3 Å². The van der Waals surface area contributed by atoms with Gasteiger partial charge in [-0.05, 0) is 6.07 Å². The van der Waals surface area contributed by atoms with Gasteiger partial charge in [0.25, 0.3) is 0 Å². The van der Waals surface area contributed by atoms with Crippen molar-refractivity contribution >= 4 is 16.6 Å². The van der Waals surface area contributed by atoms with Crippen molar-refractivity contribution < 1.29 is 0 Å². The molecule has 0 radical (unpaired) electrons. The third kappa shape index (κ3) is 1.60. The Morgan fingerprint density at radius 1 is 0.895 bits per heavy atom. The lowest BCUT2D eigenvalue weighted by atomic mass is 10.0. The van der Waals surface area contributed by atoms with Crippen LogP contribution in [0.5, 0.6) is 0 Å². The molecule has 0 saturated carbocycles. The molecule has 0 fully saturated rings. The normalized spacial score (nSPS) is 14.2. The van der Waals surface area contributed by atoms with Gasteiger partial charge in [0.05, 0.1) is 17.8 Å². The van der Waals surface area contributed by atoms with Gasteiger partial charge in [0.15, 0.2) is 0 Å². The van der Waals surface area contributed by atoms with E-state index in [4.69, 9.17) is 4.99 Å². The highest BCUT2D eigenvalue weighted by Gasteiger charge is 2.15. The summed E-state index contributed by atoms with van der Waals surface area (Å²) in [6.45, 7) is 1.79. The van der Waals surface area contributed by atoms with Crippen molar-refractivity contribution in [2.45, 2.75) is 6.54 Å². The van der Waals surface area contributed by atoms with E-state index in [2.05, 4.69) is 59.3 Å². The Labute approximate surface area is 112 Å². The van der Waals surface area contributed by atoms with Crippen LogP contribution in [0.3, 0.4) is 0 Å². The third-order valence-corrected chi connectivity index (χ3v) is 3.70. The number of nitrogens with zero attached hydrogens (tertiary/aromatic N) is 2. The summed E-state index contributed by atoms with van der Waals surface area (Å²) >= 11 is 0. The second-order valence-corrected chi connectivity index (χ2v) is 4.85. The van der Waals surface area contributed by atoms with Crippen molar-refractivity contribution in [3.05, 3.63) is 71.9 Å². The van der Waals surface area contributed by atoms with E-state index in [-0.39, 0.29) is 0 Å². The molecular formula is C17H14N2. The number of rotatable bonds is 1. The van der Waals surface area contributed by atoms with Gasteiger partial charge in [-0.25, -0.2) is 0 Å². The SMILES string of the molecule is c1ccc(C2=NCCn3ccc4cccc2c43)cc1. The molecule has 2 aromatic carbocycles. The minimum atomic E-state index is 0.836. The average molecular weight is 246 g/mol. The fourth-order valence-electron chi connectivity index (χ4n) is 2.84. The quantitative estimate of drug-likeness (QED) is 0.625. The molecule has 2 nitrogen and oxygen atoms in total. The van der Waals surface area contributed by atoms with Gasteiger partial charge >= 0.3 is 0 Å². The monoisotopic (exact) mass is 246 g/mol. The van der Waals surface area contributed by atoms with Gasteiger partial charge in [-0.1, -0.05) is 48.5 Å². The number of hydrogen-bond acceptors (Lipinski definition) is 1. The smallest absolute Gasteiger partial charge is 0.0740 e. The standard InChI is InChI=1S/C17H14N2/c1-2-5-13(6-3-1)16-15-8-4-7-14-9-11-19(17(14)15)12-10-18-16/h1-9,11H,10,12H2. The van der Waals surface area contributed by atoms with Crippen molar-refractivity contribution in [3.63, 3.8) is 0 Å². The lowest BCUT2D eigenvalue weighted by Crippen LogP contribution is -2.03. The zero-order valence-electron chi connectivity index (χ0n) is 10.6. The Bertz CT molecular complexity index is 766. The van der Waals surface area contributed by atoms with Gasteiger partial charge in [0.2, 0.25) is 0 Å². The van der Waals surface area contributed by atoms with Crippen molar-refractivity contribution in [1.82, 2.24) is 4.57 Å². The predicted octanol–water partition coefficient (Wildman–Crippen LogP) is 3.49. The molecule has 4 rings (SSSR count). The molecule has 0 atom stereocenters. The van der Waals surface area contributed by atoms with Gasteiger partial charge < -0.3 is 4.57 Å². The molecule has 0 bridgehead atoms. The van der Waals surface area contributed by atoms with E-state index >= 15 is 0 Å². The number of benzene rings is 2. The van der Waals surface area contributed by atoms with Crippen LogP contribution in [0, 0.1) is 0 Å². The van der Waals surface area contributed by atoms with E-state index in [1.165, 1.54) is 22.0 Å². The number of aromatic nitrogens is 1. The molecule has 0 saturated heterocycles. The van der Waals surface area contributed by atoms with Gasteiger partial charge in [-0.15, -0.1) is 0 Å². The molecule has 0 unspecified atom stereocenters. The summed E-state index contributed by atoms with van der Waals surface area (Å²) in [5.74, 6) is 0. The van der Waals surface area contributed by atoms with E-state index in [0.717, 1.165) is 18.8 Å². The molecule has 1 aliphatic rings. The zero-order valence-corrected chi connectivity index (χ0v) is 10.6. The molecular weight excluding hydrogens is 232 g/mol. The van der Waals surface area contributed by atoms with Crippen LogP contribution >= 0.6 is 0 Å². The van der Waals surface area contributed by atoms with Gasteiger partial charge in [-0.2, -0.15) is 0 Å². The van der Waals surface area contributed by atoms with Crippen LogP contribution in [-0.4, -0.2) is 16.8 Å². The predicted molar refractivity (Wildman–Crippen MR) is 78.9 cm³/mol. The third-order valence-electron chi connectivity index (χ3n) is 3.70. The lowest BCUT2D eigenvalue weighted by Gasteiger charge is -2.08. The molecule has 19 heavy (non-hydrogen) atoms. The Morgan fingerprint density at radius 3 is 2.68 bits per heavy atom. The molecule has 0 N–H and O–H groups in total. The lowest BCUT2D eigenvalue weighted by molar-refractivity contribution is 0.742. The molecule has 2 heteroatoms. The minimum absolute atomic E-state index is 0.836. The molecule has 1 aromatic heterocycles. The molecule has 92 valence electrons. The van der Waals surface area contributed by atoms with Crippen molar-refractivity contribution in [3.8, 4) is 0 Å². The Hall–Kier alpha value is -2.35. The first-order valence-corrected chi connectivity index (χ1v) is 6.61. The fourth-order valence-corrected chi connectivity index (χ4v) is 2.84. The summed E-state index contributed by atoms with van der Waals surface area (Å²) < 4.78 is 2.31. The summed E-state index contributed by atoms with van der Waals surface area (Å²) in [6.07, 6.45) is 2.16. The fraction of sp³-hybridized carbons (Fsp3) is 0.118. The van der Waals surface area contributed by atoms with E-state index in [1.54, 1.807) is 0 Å². The van der Waals surface area contributed by atoms with Gasteiger partial charge in [0, 0.05) is 29.3 Å². The van der Waals surface area contributed by atoms with Crippen LogP contribution < -0.4 is 0 Å². The van der Waals surface area contributed by atoms with Crippen LogP contribution in [0.25, 0.3) is 10.9 Å². The summed E-state index contributed by atoms with van der Waals surface area (Å²) in [5.41, 5.74) is 4.86. The number of para-hydroxylation sites is 1. The maximum atomic E-state index is 4.80. The highest BCUT2D eigenvalue weighted by Crippen LogP contribution is 2.25. The van der Waals surface area contributed by atoms with Crippen LogP contribution in [0.4, 0.5) is 0 Å². The molecule has 2 heterocycles. The summed E-state index contributed by atoms with van der Waals surface area (Å²) in [7, 11) is 0. The van der Waals surface area contributed by atoms with Crippen molar-refractivity contribution in [2.24, 2.45) is 4.99 Å². The van der Waals surface area contributed by atoms with Crippen LogP contribution in [0.15, 0.2) is 65.8 Å². The Kier molecular flexibility index (Phi) is 2.27. The van der Waals surface area contributed by atoms with E-state index in [9.17, 15) is 0 Å². The highest BCUT2D eigenvalue weighted by molar-refractivity contribution is 6.19. The minimum Gasteiger partial charge on any atom is -0.345 e. The number of aliphatic imine (C=N–C) groups is 1. The van der Waals surface area contributed by atoms with Gasteiger partial charge in [0.1, 0.15) is 0 Å². The highest BCUT2D eigenvalue weighted by atomic mass is 15.0. The van der Waals surface area contributed by atoms with Crippen LogP contribution in [-0.2, 0) is 6.54 Å². The maximum absolute atomic E-state index is 4.80. The Balaban J connectivity index is 2.02. The van der Waals surface area contributed by atoms with Crippen molar-refractivity contribution in [1.29, 1.82) is 0 Å². The second-order valence-electron chi connectivity index (χ2n) is 4.85. The average Bonchev–Trinajstić information content (AvgIpc) is 2.78. The molecule has 0 spiro atoms. The van der Waals surface area contributed by atoms with Crippen LogP contribution in [0.2, 0.25) is 0 Å². The molecule has 3 aromatic rings. The first kappa shape index (κ1) is 10.6. The second kappa shape index (κ2) is 4.09. The summed E-state index contributed by atoms with van der Waals surface area (Å²) in [5, 5.41) is 1.29. The molecule has 0 amide bonds. The van der Waals surface area contributed by atoms with E-state index in [1.807, 2.05) is 6.07 Å². The van der Waals surface area contributed by atoms with Crippen molar-refractivity contribution in [2.75, 3.05) is 6.54 Å². The molecule has 0 aliphatic carbocycles.